The molecule has 0 saturated carbocycles. The highest BCUT2D eigenvalue weighted by atomic mass is 35.5. The molecule has 34 heavy (non-hydrogen) atoms. The van der Waals surface area contributed by atoms with Crippen LogP contribution in [0.3, 0.4) is 0 Å². The smallest absolute Gasteiger partial charge is 0.319 e. The Morgan fingerprint density at radius 2 is 1.53 bits per heavy atom. The number of fused-ring (bicyclic) bond motifs is 1. The van der Waals surface area contributed by atoms with Gasteiger partial charge in [0.2, 0.25) is 0 Å². The molecule has 172 valence electrons. The molecule has 0 aliphatic heterocycles. The molecule has 0 spiro atoms. The molecule has 0 bridgehead atoms. The third-order valence-corrected chi connectivity index (χ3v) is 5.15. The van der Waals surface area contributed by atoms with Crippen LogP contribution in [0.15, 0.2) is 60.9 Å². The number of carbonyl (C=O) groups excluding carboxylic acids is 2. The molecule has 1 N–H and O–H groups in total. The van der Waals surface area contributed by atoms with Gasteiger partial charge in [-0.1, -0.05) is 11.6 Å². The Morgan fingerprint density at radius 3 is 2.21 bits per heavy atom. The molecule has 0 aliphatic rings. The van der Waals surface area contributed by atoms with Gasteiger partial charge in [-0.2, -0.15) is 13.2 Å². The first kappa shape index (κ1) is 23.2. The molecule has 0 atom stereocenters. The van der Waals surface area contributed by atoms with Gasteiger partial charge in [-0.25, -0.2) is 8.78 Å². The summed E-state index contributed by atoms with van der Waals surface area (Å²) in [6, 6.07) is 8.01. The number of rotatable bonds is 4. The van der Waals surface area contributed by atoms with Crippen LogP contribution in [0.1, 0.15) is 31.8 Å². The molecular weight excluding hydrogens is 481 g/mol. The van der Waals surface area contributed by atoms with Crippen molar-refractivity contribution in [2.75, 3.05) is 5.32 Å². The van der Waals surface area contributed by atoms with Crippen molar-refractivity contribution in [3.8, 4) is 0 Å². The van der Waals surface area contributed by atoms with Crippen molar-refractivity contribution >= 4 is 40.0 Å². The van der Waals surface area contributed by atoms with E-state index in [2.05, 4.69) is 15.3 Å². The van der Waals surface area contributed by atoms with Gasteiger partial charge in [0, 0.05) is 23.5 Å². The van der Waals surface area contributed by atoms with Gasteiger partial charge in [-0.3, -0.25) is 19.6 Å². The first-order valence-electron chi connectivity index (χ1n) is 9.48. The zero-order chi connectivity index (χ0) is 24.6. The van der Waals surface area contributed by atoms with Gasteiger partial charge in [-0.15, -0.1) is 0 Å². The Bertz CT molecular complexity index is 1460. The van der Waals surface area contributed by atoms with Crippen molar-refractivity contribution in [3.05, 3.63) is 99.8 Å². The number of ketones is 1. The molecule has 4 rings (SSSR count). The Balaban J connectivity index is 1.65. The van der Waals surface area contributed by atoms with Crippen molar-refractivity contribution in [2.45, 2.75) is 6.18 Å². The number of nitrogens with one attached hydrogen (secondary N) is 1. The maximum absolute atomic E-state index is 15.1. The minimum atomic E-state index is -4.72. The van der Waals surface area contributed by atoms with E-state index < -0.39 is 51.3 Å². The van der Waals surface area contributed by atoms with Crippen molar-refractivity contribution < 1.29 is 31.5 Å². The lowest BCUT2D eigenvalue weighted by Crippen LogP contribution is -2.16. The fourth-order valence-corrected chi connectivity index (χ4v) is 3.47. The van der Waals surface area contributed by atoms with E-state index in [1.54, 1.807) is 0 Å². The number of amides is 1. The Morgan fingerprint density at radius 1 is 0.853 bits per heavy atom. The number of nitrogens with zero attached hydrogens (tertiary/aromatic N) is 2. The third-order valence-electron chi connectivity index (χ3n) is 4.83. The van der Waals surface area contributed by atoms with Gasteiger partial charge >= 0.3 is 6.18 Å². The van der Waals surface area contributed by atoms with E-state index in [0.29, 0.717) is 17.1 Å². The number of halogens is 6. The van der Waals surface area contributed by atoms with Crippen LogP contribution in [-0.4, -0.2) is 21.7 Å². The quantitative estimate of drug-likeness (QED) is 0.278. The minimum absolute atomic E-state index is 0.0659. The summed E-state index contributed by atoms with van der Waals surface area (Å²) in [7, 11) is 0. The summed E-state index contributed by atoms with van der Waals surface area (Å²) in [6.07, 6.45) is -1.89. The first-order valence-corrected chi connectivity index (χ1v) is 9.85. The summed E-state index contributed by atoms with van der Waals surface area (Å²) in [5, 5.41) is 1.39. The molecular formula is C23H11ClF5N3O2. The van der Waals surface area contributed by atoms with Gasteiger partial charge < -0.3 is 5.32 Å². The van der Waals surface area contributed by atoms with E-state index in [1.807, 2.05) is 0 Å². The molecule has 4 aromatic rings. The van der Waals surface area contributed by atoms with Crippen molar-refractivity contribution in [1.29, 1.82) is 0 Å². The molecule has 3 aromatic carbocycles. The van der Waals surface area contributed by atoms with Crippen LogP contribution >= 0.6 is 11.6 Å². The van der Waals surface area contributed by atoms with Gasteiger partial charge in [0.05, 0.1) is 32.9 Å². The second-order valence-corrected chi connectivity index (χ2v) is 7.43. The summed E-state index contributed by atoms with van der Waals surface area (Å²) in [5.74, 6) is -4.54. The van der Waals surface area contributed by atoms with E-state index in [9.17, 15) is 27.2 Å². The summed E-state index contributed by atoms with van der Waals surface area (Å²) in [5.41, 5.74) is -2.19. The van der Waals surface area contributed by atoms with Crippen molar-refractivity contribution in [3.63, 3.8) is 0 Å². The normalized spacial score (nSPS) is 11.5. The zero-order valence-electron chi connectivity index (χ0n) is 16.8. The fraction of sp³-hybridized carbons (Fsp3) is 0.0435. The van der Waals surface area contributed by atoms with Gasteiger partial charge in [0.1, 0.15) is 5.82 Å². The zero-order valence-corrected chi connectivity index (χ0v) is 17.5. The highest BCUT2D eigenvalue weighted by Gasteiger charge is 2.33. The summed E-state index contributed by atoms with van der Waals surface area (Å²) in [6.45, 7) is 0. The SMILES string of the molecule is O=C(Nc1ccc(F)c(C(=O)c2ccc3nccnc3c2)c1F)c1ccc(C(F)(F)F)c(Cl)c1. The topological polar surface area (TPSA) is 72.0 Å². The van der Waals surface area contributed by atoms with E-state index >= 15 is 4.39 Å². The van der Waals surface area contributed by atoms with Crippen molar-refractivity contribution in [1.82, 2.24) is 9.97 Å². The first-order chi connectivity index (χ1) is 16.1. The molecule has 0 fully saturated rings. The second kappa shape index (κ2) is 8.79. The summed E-state index contributed by atoms with van der Waals surface area (Å²) in [4.78, 5) is 33.4. The average Bonchev–Trinajstić information content (AvgIpc) is 2.79. The average molecular weight is 492 g/mol. The minimum Gasteiger partial charge on any atom is -0.319 e. The highest BCUT2D eigenvalue weighted by molar-refractivity contribution is 6.32. The van der Waals surface area contributed by atoms with E-state index in [1.165, 1.54) is 30.6 Å². The maximum atomic E-state index is 15.1. The standard InChI is InChI=1S/C23H11ClF5N3O2/c24-14-9-12(1-3-13(14)23(27,28)29)22(34)32-17-6-4-15(25)19(20(17)26)21(33)11-2-5-16-18(10-11)31-8-7-30-16/h1-10H,(H,32,34). The monoisotopic (exact) mass is 491 g/mol. The third kappa shape index (κ3) is 4.44. The molecule has 0 aliphatic carbocycles. The van der Waals surface area contributed by atoms with Crippen LogP contribution in [-0.2, 0) is 6.18 Å². The number of hydrogen-bond donors (Lipinski definition) is 1. The van der Waals surface area contributed by atoms with Crippen LogP contribution in [0.5, 0.6) is 0 Å². The Hall–Kier alpha value is -3.92. The molecule has 1 aromatic heterocycles. The lowest BCUT2D eigenvalue weighted by molar-refractivity contribution is -0.137. The highest BCUT2D eigenvalue weighted by Crippen LogP contribution is 2.35. The number of benzene rings is 3. The van der Waals surface area contributed by atoms with Gasteiger partial charge in [0.15, 0.2) is 11.6 Å². The van der Waals surface area contributed by atoms with Crippen LogP contribution in [0, 0.1) is 11.6 Å². The van der Waals surface area contributed by atoms with Crippen LogP contribution in [0.4, 0.5) is 27.6 Å². The van der Waals surface area contributed by atoms with Gasteiger partial charge in [-0.05, 0) is 48.5 Å². The Kier molecular flexibility index (Phi) is 6.01. The van der Waals surface area contributed by atoms with E-state index in [0.717, 1.165) is 24.3 Å². The molecule has 0 saturated heterocycles. The lowest BCUT2D eigenvalue weighted by atomic mass is 10.0. The van der Waals surface area contributed by atoms with Gasteiger partial charge in [0.25, 0.3) is 5.91 Å². The predicted molar refractivity (Wildman–Crippen MR) is 114 cm³/mol. The number of aromatic nitrogens is 2. The number of carbonyl (C=O) groups is 2. The van der Waals surface area contributed by atoms with Crippen LogP contribution in [0.25, 0.3) is 11.0 Å². The largest absolute Gasteiger partial charge is 0.417 e. The number of anilines is 1. The van der Waals surface area contributed by atoms with Crippen LogP contribution in [0.2, 0.25) is 5.02 Å². The molecule has 0 unspecified atom stereocenters. The van der Waals surface area contributed by atoms with Crippen LogP contribution < -0.4 is 5.32 Å². The molecule has 11 heteroatoms. The lowest BCUT2D eigenvalue weighted by Gasteiger charge is -2.12. The summed E-state index contributed by atoms with van der Waals surface area (Å²) < 4.78 is 68.1. The van der Waals surface area contributed by atoms with Crippen molar-refractivity contribution in [2.24, 2.45) is 0 Å². The van der Waals surface area contributed by atoms with E-state index in [4.69, 9.17) is 11.6 Å². The summed E-state index contributed by atoms with van der Waals surface area (Å²) >= 11 is 5.61. The second-order valence-electron chi connectivity index (χ2n) is 7.02. The molecule has 1 heterocycles. The Labute approximate surface area is 193 Å². The number of alkyl halides is 3. The number of hydrogen-bond acceptors (Lipinski definition) is 4. The molecule has 5 nitrogen and oxygen atoms in total. The fourth-order valence-electron chi connectivity index (χ4n) is 3.19. The predicted octanol–water partition coefficient (Wildman–Crippen LogP) is 6.06. The van der Waals surface area contributed by atoms with E-state index in [-0.39, 0.29) is 11.1 Å². The maximum Gasteiger partial charge on any atom is 0.417 e. The molecule has 0 radical (unpaired) electrons. The molecule has 1 amide bonds.